The van der Waals surface area contributed by atoms with Gasteiger partial charge in [0.1, 0.15) is 5.82 Å². The molecular formula is C14H22FN3O3S. The molecule has 0 unspecified atom stereocenters. The molecule has 0 aliphatic rings. The van der Waals surface area contributed by atoms with Gasteiger partial charge >= 0.3 is 6.03 Å². The Labute approximate surface area is 130 Å². The van der Waals surface area contributed by atoms with Gasteiger partial charge in [-0.3, -0.25) is 0 Å². The van der Waals surface area contributed by atoms with Gasteiger partial charge in [0, 0.05) is 26.7 Å². The first-order valence-electron chi connectivity index (χ1n) is 7.05. The molecule has 1 rings (SSSR count). The van der Waals surface area contributed by atoms with Crippen LogP contribution in [-0.2, 0) is 16.6 Å². The van der Waals surface area contributed by atoms with E-state index in [0.717, 1.165) is 5.56 Å². The molecule has 0 aromatic heterocycles. The van der Waals surface area contributed by atoms with Gasteiger partial charge in [0.15, 0.2) is 0 Å². The van der Waals surface area contributed by atoms with Crippen molar-refractivity contribution in [2.45, 2.75) is 19.9 Å². The predicted octanol–water partition coefficient (Wildman–Crippen LogP) is 1.30. The zero-order chi connectivity index (χ0) is 16.6. The minimum absolute atomic E-state index is 0.0414. The highest BCUT2D eigenvalue weighted by atomic mass is 32.2. The number of sulfonamides is 1. The fourth-order valence-corrected chi connectivity index (χ4v) is 2.34. The van der Waals surface area contributed by atoms with Gasteiger partial charge in [-0.2, -0.15) is 0 Å². The Morgan fingerprint density at radius 3 is 2.45 bits per heavy atom. The van der Waals surface area contributed by atoms with Crippen LogP contribution in [-0.4, -0.2) is 45.2 Å². The Hall–Kier alpha value is -1.67. The van der Waals surface area contributed by atoms with Crippen molar-refractivity contribution in [2.24, 2.45) is 0 Å². The molecule has 124 valence electrons. The van der Waals surface area contributed by atoms with Crippen molar-refractivity contribution in [1.82, 2.24) is 14.9 Å². The van der Waals surface area contributed by atoms with E-state index >= 15 is 0 Å². The summed E-state index contributed by atoms with van der Waals surface area (Å²) in [6.07, 6.45) is 0.509. The molecule has 1 aromatic rings. The van der Waals surface area contributed by atoms with Gasteiger partial charge in [0.25, 0.3) is 0 Å². The summed E-state index contributed by atoms with van der Waals surface area (Å²) in [7, 11) is -1.55. The fraction of sp³-hybridized carbons (Fsp3) is 0.500. The number of rotatable bonds is 8. The highest BCUT2D eigenvalue weighted by Gasteiger charge is 2.09. The van der Waals surface area contributed by atoms with Gasteiger partial charge in [-0.05, 0) is 31.0 Å². The lowest BCUT2D eigenvalue weighted by molar-refractivity contribution is 0.207. The summed E-state index contributed by atoms with van der Waals surface area (Å²) in [5.74, 6) is -0.273. The van der Waals surface area contributed by atoms with Crippen LogP contribution in [0.15, 0.2) is 24.3 Å². The third-order valence-corrected chi connectivity index (χ3v) is 4.42. The third kappa shape index (κ3) is 6.86. The Morgan fingerprint density at radius 2 is 1.86 bits per heavy atom. The number of urea groups is 1. The number of nitrogens with one attached hydrogen (secondary N) is 2. The first-order chi connectivity index (χ1) is 10.3. The topological polar surface area (TPSA) is 78.5 Å². The maximum atomic E-state index is 12.8. The molecule has 6 nitrogen and oxygen atoms in total. The smallest absolute Gasteiger partial charge is 0.317 e. The molecule has 2 N–H and O–H groups in total. The Morgan fingerprint density at radius 1 is 1.23 bits per heavy atom. The maximum absolute atomic E-state index is 12.8. The highest BCUT2D eigenvalue weighted by molar-refractivity contribution is 7.89. The van der Waals surface area contributed by atoms with Crippen LogP contribution in [0.2, 0.25) is 0 Å². The molecule has 0 aliphatic carbocycles. The highest BCUT2D eigenvalue weighted by Crippen LogP contribution is 2.05. The standard InChI is InChI=1S/C14H22FN3O3S/c1-3-22(20,21)17-10-4-9-16-14(19)18(2)11-12-5-7-13(15)8-6-12/h5-8,17H,3-4,9-11H2,1-2H3,(H,16,19). The van der Waals surface area contributed by atoms with Gasteiger partial charge in [-0.25, -0.2) is 22.3 Å². The van der Waals surface area contributed by atoms with Crippen LogP contribution >= 0.6 is 0 Å². The van der Waals surface area contributed by atoms with Gasteiger partial charge < -0.3 is 10.2 Å². The lowest BCUT2D eigenvalue weighted by Crippen LogP contribution is -2.38. The van der Waals surface area contributed by atoms with E-state index in [9.17, 15) is 17.6 Å². The summed E-state index contributed by atoms with van der Waals surface area (Å²) in [4.78, 5) is 13.3. The SMILES string of the molecule is CCS(=O)(=O)NCCCNC(=O)N(C)Cc1ccc(F)cc1. The molecule has 0 heterocycles. The van der Waals surface area contributed by atoms with E-state index in [-0.39, 0.29) is 24.1 Å². The molecule has 0 aliphatic heterocycles. The average Bonchev–Trinajstić information content (AvgIpc) is 2.49. The normalized spacial score (nSPS) is 11.2. The van der Waals surface area contributed by atoms with E-state index in [2.05, 4.69) is 10.0 Å². The summed E-state index contributed by atoms with van der Waals surface area (Å²) >= 11 is 0. The Bertz CT molecular complexity index is 576. The summed E-state index contributed by atoms with van der Waals surface area (Å²) in [6, 6.07) is 5.68. The second-order valence-corrected chi connectivity index (χ2v) is 6.96. The third-order valence-electron chi connectivity index (χ3n) is 3.01. The van der Waals surface area contributed by atoms with Gasteiger partial charge in [-0.1, -0.05) is 12.1 Å². The number of halogens is 1. The Balaban J connectivity index is 2.25. The summed E-state index contributed by atoms with van der Waals surface area (Å²) < 4.78 is 37.6. The number of nitrogens with zero attached hydrogens (tertiary/aromatic N) is 1. The minimum Gasteiger partial charge on any atom is -0.338 e. The quantitative estimate of drug-likeness (QED) is 0.705. The lowest BCUT2D eigenvalue weighted by atomic mass is 10.2. The molecule has 1 aromatic carbocycles. The summed E-state index contributed by atoms with van der Waals surface area (Å²) in [5.41, 5.74) is 0.828. The average molecular weight is 331 g/mol. The van der Waals surface area contributed by atoms with Crippen LogP contribution < -0.4 is 10.0 Å². The molecule has 0 spiro atoms. The van der Waals surface area contributed by atoms with Crippen LogP contribution in [0, 0.1) is 5.82 Å². The number of hydrogen-bond acceptors (Lipinski definition) is 3. The fourth-order valence-electron chi connectivity index (χ4n) is 1.68. The first kappa shape index (κ1) is 18.4. The monoisotopic (exact) mass is 331 g/mol. The van der Waals surface area contributed by atoms with Gasteiger partial charge in [0.2, 0.25) is 10.0 Å². The molecule has 8 heteroatoms. The van der Waals surface area contributed by atoms with E-state index in [1.54, 1.807) is 26.1 Å². The van der Waals surface area contributed by atoms with Crippen molar-refractivity contribution in [3.63, 3.8) is 0 Å². The largest absolute Gasteiger partial charge is 0.338 e. The predicted molar refractivity (Wildman–Crippen MR) is 83.3 cm³/mol. The van der Waals surface area contributed by atoms with E-state index in [0.29, 0.717) is 19.5 Å². The summed E-state index contributed by atoms with van der Waals surface area (Å²) in [6.45, 7) is 2.60. The van der Waals surface area contributed by atoms with E-state index < -0.39 is 10.0 Å². The van der Waals surface area contributed by atoms with Crippen LogP contribution in [0.1, 0.15) is 18.9 Å². The molecule has 0 bridgehead atoms. The van der Waals surface area contributed by atoms with Crippen molar-refractivity contribution in [3.05, 3.63) is 35.6 Å². The van der Waals surface area contributed by atoms with Crippen LogP contribution in [0.4, 0.5) is 9.18 Å². The molecule has 0 atom stereocenters. The second kappa shape index (κ2) is 8.70. The molecule has 22 heavy (non-hydrogen) atoms. The van der Waals surface area contributed by atoms with Crippen molar-refractivity contribution < 1.29 is 17.6 Å². The lowest BCUT2D eigenvalue weighted by Gasteiger charge is -2.18. The van der Waals surface area contributed by atoms with Crippen molar-refractivity contribution >= 4 is 16.1 Å². The maximum Gasteiger partial charge on any atom is 0.317 e. The van der Waals surface area contributed by atoms with Crippen molar-refractivity contribution in [1.29, 1.82) is 0 Å². The minimum atomic E-state index is -3.18. The van der Waals surface area contributed by atoms with Crippen LogP contribution in [0.5, 0.6) is 0 Å². The first-order valence-corrected chi connectivity index (χ1v) is 8.70. The molecular weight excluding hydrogens is 309 g/mol. The van der Waals surface area contributed by atoms with Crippen LogP contribution in [0.25, 0.3) is 0 Å². The van der Waals surface area contributed by atoms with Crippen molar-refractivity contribution in [2.75, 3.05) is 25.9 Å². The number of hydrogen-bond donors (Lipinski definition) is 2. The van der Waals surface area contributed by atoms with Gasteiger partial charge in [-0.15, -0.1) is 0 Å². The number of amides is 2. The zero-order valence-corrected chi connectivity index (χ0v) is 13.6. The Kier molecular flexibility index (Phi) is 7.26. The van der Waals surface area contributed by atoms with E-state index in [4.69, 9.17) is 0 Å². The van der Waals surface area contributed by atoms with E-state index in [1.165, 1.54) is 17.0 Å². The molecule has 2 amide bonds. The van der Waals surface area contributed by atoms with Crippen molar-refractivity contribution in [3.8, 4) is 0 Å². The molecule has 0 saturated carbocycles. The number of carbonyl (C=O) groups excluding carboxylic acids is 1. The van der Waals surface area contributed by atoms with Gasteiger partial charge in [0.05, 0.1) is 5.75 Å². The second-order valence-electron chi connectivity index (χ2n) is 4.87. The van der Waals surface area contributed by atoms with E-state index in [1.807, 2.05) is 0 Å². The number of benzene rings is 1. The zero-order valence-electron chi connectivity index (χ0n) is 12.8. The number of carbonyl (C=O) groups is 1. The van der Waals surface area contributed by atoms with Crippen LogP contribution in [0.3, 0.4) is 0 Å². The molecule has 0 saturated heterocycles. The molecule has 0 fully saturated rings. The summed E-state index contributed by atoms with van der Waals surface area (Å²) in [5, 5.41) is 2.70. The molecule has 0 radical (unpaired) electrons.